The lowest BCUT2D eigenvalue weighted by Gasteiger charge is -2.30. The van der Waals surface area contributed by atoms with Crippen LogP contribution in [0.4, 0.5) is 11.4 Å². The van der Waals surface area contributed by atoms with Crippen molar-refractivity contribution >= 4 is 38.3 Å². The van der Waals surface area contributed by atoms with Crippen LogP contribution in [0, 0.1) is 12.8 Å². The largest absolute Gasteiger partial charge is 0.341 e. The number of fused-ring (bicyclic) bond motifs is 1. The number of amides is 1. The van der Waals surface area contributed by atoms with Crippen molar-refractivity contribution in [3.05, 3.63) is 53.9 Å². The molecule has 0 bridgehead atoms. The topological polar surface area (TPSA) is 107 Å². The Morgan fingerprint density at radius 3 is 2.65 bits per heavy atom. The number of carbonyl (C=O) groups excluding carboxylic acids is 1. The third-order valence-corrected chi connectivity index (χ3v) is 6.06. The first-order valence-electron chi connectivity index (χ1n) is 10.3. The maximum Gasteiger partial charge on any atom is 0.229 e. The number of anilines is 2. The van der Waals surface area contributed by atoms with E-state index in [1.165, 1.54) is 5.56 Å². The molecule has 3 aromatic rings. The summed E-state index contributed by atoms with van der Waals surface area (Å²) in [5.41, 5.74) is 4.24. The minimum Gasteiger partial charge on any atom is -0.341 e. The number of aromatic amines is 1. The van der Waals surface area contributed by atoms with E-state index in [0.29, 0.717) is 11.4 Å². The maximum absolute atomic E-state index is 12.7. The van der Waals surface area contributed by atoms with Gasteiger partial charge in [0.25, 0.3) is 0 Å². The van der Waals surface area contributed by atoms with Crippen LogP contribution in [-0.2, 0) is 21.4 Å². The summed E-state index contributed by atoms with van der Waals surface area (Å²) in [7, 11) is -3.36. The number of piperidine rings is 1. The number of carbonyl (C=O) groups is 1. The molecular formula is C22H27N5O3S. The van der Waals surface area contributed by atoms with Crippen LogP contribution in [0.3, 0.4) is 0 Å². The summed E-state index contributed by atoms with van der Waals surface area (Å²) in [6.45, 7) is 4.45. The van der Waals surface area contributed by atoms with E-state index in [1.807, 2.05) is 6.07 Å². The lowest BCUT2D eigenvalue weighted by molar-refractivity contribution is -0.121. The third kappa shape index (κ3) is 5.62. The van der Waals surface area contributed by atoms with Crippen molar-refractivity contribution < 1.29 is 13.2 Å². The molecule has 1 saturated heterocycles. The number of aromatic nitrogens is 2. The van der Waals surface area contributed by atoms with E-state index in [9.17, 15) is 13.2 Å². The van der Waals surface area contributed by atoms with Gasteiger partial charge in [-0.25, -0.2) is 13.4 Å². The molecule has 2 aromatic carbocycles. The summed E-state index contributed by atoms with van der Waals surface area (Å²) in [6, 6.07) is 12.9. The maximum atomic E-state index is 12.7. The van der Waals surface area contributed by atoms with Crippen LogP contribution in [-0.4, -0.2) is 48.5 Å². The van der Waals surface area contributed by atoms with Crippen LogP contribution in [0.15, 0.2) is 42.5 Å². The number of nitrogens with zero attached hydrogens (tertiary/aromatic N) is 2. The summed E-state index contributed by atoms with van der Waals surface area (Å²) in [5, 5.41) is 2.91. The molecule has 2 heterocycles. The molecule has 3 N–H and O–H groups in total. The zero-order chi connectivity index (χ0) is 22.0. The van der Waals surface area contributed by atoms with Crippen molar-refractivity contribution in [3.8, 4) is 0 Å². The van der Waals surface area contributed by atoms with E-state index in [2.05, 4.69) is 44.0 Å². The molecule has 0 radical (unpaired) electrons. The van der Waals surface area contributed by atoms with Gasteiger partial charge < -0.3 is 10.3 Å². The van der Waals surface area contributed by atoms with E-state index in [4.69, 9.17) is 0 Å². The number of aryl methyl sites for hydroxylation is 1. The zero-order valence-electron chi connectivity index (χ0n) is 17.7. The van der Waals surface area contributed by atoms with Crippen molar-refractivity contribution in [2.75, 3.05) is 29.4 Å². The van der Waals surface area contributed by atoms with Gasteiger partial charge in [0, 0.05) is 11.6 Å². The summed E-state index contributed by atoms with van der Waals surface area (Å²) < 4.78 is 25.2. The lowest BCUT2D eigenvalue weighted by atomic mass is 9.96. The fourth-order valence-corrected chi connectivity index (χ4v) is 4.49. The second-order valence-electron chi connectivity index (χ2n) is 8.20. The van der Waals surface area contributed by atoms with Gasteiger partial charge in [0.05, 0.1) is 29.5 Å². The Hall–Kier alpha value is -2.91. The summed E-state index contributed by atoms with van der Waals surface area (Å²) >= 11 is 0. The molecule has 31 heavy (non-hydrogen) atoms. The number of benzene rings is 2. The van der Waals surface area contributed by atoms with Gasteiger partial charge in [-0.15, -0.1) is 0 Å². The molecular weight excluding hydrogens is 414 g/mol. The van der Waals surface area contributed by atoms with Crippen molar-refractivity contribution in [2.24, 2.45) is 5.92 Å². The second-order valence-corrected chi connectivity index (χ2v) is 9.95. The van der Waals surface area contributed by atoms with Gasteiger partial charge in [0.15, 0.2) is 0 Å². The highest BCUT2D eigenvalue weighted by Gasteiger charge is 2.25. The number of likely N-dealkylation sites (tertiary alicyclic amines) is 1. The minimum absolute atomic E-state index is 0.0321. The predicted octanol–water partition coefficient (Wildman–Crippen LogP) is 3.09. The Morgan fingerprint density at radius 1 is 1.16 bits per heavy atom. The van der Waals surface area contributed by atoms with Crippen LogP contribution >= 0.6 is 0 Å². The van der Waals surface area contributed by atoms with E-state index in [-0.39, 0.29) is 11.8 Å². The van der Waals surface area contributed by atoms with Crippen LogP contribution in [0.1, 0.15) is 24.2 Å². The molecule has 0 saturated carbocycles. The number of imidazole rings is 1. The highest BCUT2D eigenvalue weighted by molar-refractivity contribution is 7.92. The highest BCUT2D eigenvalue weighted by Crippen LogP contribution is 2.23. The number of hydrogen-bond donors (Lipinski definition) is 3. The average Bonchev–Trinajstić information content (AvgIpc) is 3.08. The SMILES string of the molecule is Cc1ccc2nc(CN3CCC(C(=O)Nc4cccc(NS(C)(=O)=O)c4)CC3)[nH]c2c1. The molecule has 1 fully saturated rings. The Morgan fingerprint density at radius 2 is 1.90 bits per heavy atom. The summed E-state index contributed by atoms with van der Waals surface area (Å²) in [5.74, 6) is 0.843. The first-order chi connectivity index (χ1) is 14.7. The third-order valence-electron chi connectivity index (χ3n) is 5.45. The van der Waals surface area contributed by atoms with Crippen molar-refractivity contribution in [1.82, 2.24) is 14.9 Å². The first-order valence-corrected chi connectivity index (χ1v) is 12.2. The fourth-order valence-electron chi connectivity index (χ4n) is 3.94. The molecule has 0 unspecified atom stereocenters. The quantitative estimate of drug-likeness (QED) is 0.545. The summed E-state index contributed by atoms with van der Waals surface area (Å²) in [4.78, 5) is 23.1. The molecule has 164 valence electrons. The normalized spacial score (nSPS) is 15.8. The van der Waals surface area contributed by atoms with Gasteiger partial charge in [-0.2, -0.15) is 0 Å². The van der Waals surface area contributed by atoms with Gasteiger partial charge in [0.1, 0.15) is 5.82 Å². The highest BCUT2D eigenvalue weighted by atomic mass is 32.2. The van der Waals surface area contributed by atoms with Crippen LogP contribution in [0.5, 0.6) is 0 Å². The molecule has 1 aliphatic heterocycles. The predicted molar refractivity (Wildman–Crippen MR) is 122 cm³/mol. The Balaban J connectivity index is 1.31. The first kappa shape index (κ1) is 21.3. The molecule has 0 spiro atoms. The average molecular weight is 442 g/mol. The molecule has 4 rings (SSSR count). The van der Waals surface area contributed by atoms with Crippen LogP contribution < -0.4 is 10.0 Å². The molecule has 9 heteroatoms. The van der Waals surface area contributed by atoms with Crippen LogP contribution in [0.25, 0.3) is 11.0 Å². The molecule has 0 atom stereocenters. The minimum atomic E-state index is -3.36. The molecule has 8 nitrogen and oxygen atoms in total. The molecule has 1 aliphatic rings. The fraction of sp³-hybridized carbons (Fsp3) is 0.364. The van der Waals surface area contributed by atoms with Gasteiger partial charge in [-0.3, -0.25) is 14.4 Å². The number of nitrogens with one attached hydrogen (secondary N) is 3. The smallest absolute Gasteiger partial charge is 0.229 e. The van der Waals surface area contributed by atoms with Crippen molar-refractivity contribution in [3.63, 3.8) is 0 Å². The number of H-pyrrole nitrogens is 1. The number of sulfonamides is 1. The van der Waals surface area contributed by atoms with E-state index >= 15 is 0 Å². The van der Waals surface area contributed by atoms with E-state index in [0.717, 1.165) is 55.6 Å². The van der Waals surface area contributed by atoms with Crippen molar-refractivity contribution in [2.45, 2.75) is 26.3 Å². The van der Waals surface area contributed by atoms with Gasteiger partial charge in [-0.1, -0.05) is 12.1 Å². The molecule has 0 aliphatic carbocycles. The number of hydrogen-bond acceptors (Lipinski definition) is 5. The summed E-state index contributed by atoms with van der Waals surface area (Å²) in [6.07, 6.45) is 2.64. The zero-order valence-corrected chi connectivity index (χ0v) is 18.5. The Bertz CT molecular complexity index is 1200. The standard InChI is InChI=1S/C22H27N5O3S/c1-15-6-7-19-20(12-15)25-21(24-19)14-27-10-8-16(9-11-27)22(28)23-17-4-3-5-18(13-17)26-31(2,29)30/h3-7,12-13,16,26H,8-11,14H2,1-2H3,(H,23,28)(H,24,25). The van der Waals surface area contributed by atoms with Gasteiger partial charge in [0.2, 0.25) is 15.9 Å². The monoisotopic (exact) mass is 441 g/mol. The van der Waals surface area contributed by atoms with E-state index < -0.39 is 10.0 Å². The Labute approximate surface area is 182 Å². The Kier molecular flexibility index (Phi) is 5.97. The van der Waals surface area contributed by atoms with Gasteiger partial charge in [-0.05, 0) is 68.8 Å². The molecule has 1 amide bonds. The second kappa shape index (κ2) is 8.68. The van der Waals surface area contributed by atoms with E-state index in [1.54, 1.807) is 24.3 Å². The molecule has 1 aromatic heterocycles. The van der Waals surface area contributed by atoms with Crippen molar-refractivity contribution in [1.29, 1.82) is 0 Å². The lowest BCUT2D eigenvalue weighted by Crippen LogP contribution is -2.38. The number of rotatable bonds is 6. The van der Waals surface area contributed by atoms with Crippen LogP contribution in [0.2, 0.25) is 0 Å². The van der Waals surface area contributed by atoms with Gasteiger partial charge >= 0.3 is 0 Å².